The number of rotatable bonds is 4. The number of carbonyl (C=O) groups excluding carboxylic acids is 2. The molecule has 0 saturated heterocycles. The quantitative estimate of drug-likeness (QED) is 0.412. The minimum atomic E-state index is -0.308. The molecule has 0 unspecified atom stereocenters. The highest BCUT2D eigenvalue weighted by Crippen LogP contribution is 2.22. The lowest BCUT2D eigenvalue weighted by Gasteiger charge is -2.19. The first kappa shape index (κ1) is 23.4. The van der Waals surface area contributed by atoms with Gasteiger partial charge in [0.15, 0.2) is 5.11 Å². The van der Waals surface area contributed by atoms with Gasteiger partial charge in [0.1, 0.15) is 0 Å². The van der Waals surface area contributed by atoms with Gasteiger partial charge in [0.25, 0.3) is 11.8 Å². The lowest BCUT2D eigenvalue weighted by Crippen LogP contribution is -2.34. The molecular weight excluding hydrogens is 442 g/mol. The van der Waals surface area contributed by atoms with Gasteiger partial charge in [-0.15, -0.1) is 0 Å². The van der Waals surface area contributed by atoms with Gasteiger partial charge in [0.05, 0.1) is 0 Å². The third-order valence-corrected chi connectivity index (χ3v) is 5.14. The number of thiocarbonyl (C=S) groups is 1. The maximum atomic E-state index is 12.5. The topological polar surface area (TPSA) is 70.2 Å². The van der Waals surface area contributed by atoms with Crippen molar-refractivity contribution in [1.82, 2.24) is 5.32 Å². The van der Waals surface area contributed by atoms with Gasteiger partial charge in [-0.1, -0.05) is 56.6 Å². The van der Waals surface area contributed by atoms with Crippen LogP contribution in [0.15, 0.2) is 72.8 Å². The summed E-state index contributed by atoms with van der Waals surface area (Å²) in [6.45, 7) is 6.35. The second-order valence-electron chi connectivity index (χ2n) is 8.28. The average Bonchev–Trinajstić information content (AvgIpc) is 2.73. The summed E-state index contributed by atoms with van der Waals surface area (Å²) in [6, 6.07) is 21.2. The molecule has 0 radical (unpaired) electrons. The summed E-state index contributed by atoms with van der Waals surface area (Å²) in [7, 11) is 0. The first-order valence-corrected chi connectivity index (χ1v) is 10.8. The molecule has 32 heavy (non-hydrogen) atoms. The molecule has 164 valence electrons. The van der Waals surface area contributed by atoms with Gasteiger partial charge >= 0.3 is 0 Å². The largest absolute Gasteiger partial charge is 0.332 e. The Morgan fingerprint density at radius 3 is 2.03 bits per heavy atom. The molecular formula is C25H24ClN3O2S. The highest BCUT2D eigenvalue weighted by atomic mass is 35.5. The fourth-order valence-electron chi connectivity index (χ4n) is 2.97. The van der Waals surface area contributed by atoms with Gasteiger partial charge in [0.2, 0.25) is 0 Å². The van der Waals surface area contributed by atoms with E-state index in [-0.39, 0.29) is 22.3 Å². The van der Waals surface area contributed by atoms with Gasteiger partial charge in [-0.3, -0.25) is 14.9 Å². The van der Waals surface area contributed by atoms with E-state index < -0.39 is 0 Å². The molecule has 3 aromatic rings. The number of hydrogen-bond acceptors (Lipinski definition) is 3. The number of nitrogens with one attached hydrogen (secondary N) is 3. The zero-order valence-corrected chi connectivity index (χ0v) is 19.6. The molecule has 7 heteroatoms. The summed E-state index contributed by atoms with van der Waals surface area (Å²) in [5, 5.41) is 9.08. The summed E-state index contributed by atoms with van der Waals surface area (Å²) in [4.78, 5) is 25.0. The van der Waals surface area contributed by atoms with Crippen LogP contribution < -0.4 is 16.0 Å². The van der Waals surface area contributed by atoms with E-state index in [1.54, 1.807) is 60.7 Å². The molecule has 5 nitrogen and oxygen atoms in total. The number of benzene rings is 3. The van der Waals surface area contributed by atoms with Crippen LogP contribution in [0.4, 0.5) is 11.4 Å². The molecule has 3 rings (SSSR count). The van der Waals surface area contributed by atoms with Crippen LogP contribution in [0.1, 0.15) is 47.1 Å². The van der Waals surface area contributed by atoms with E-state index in [1.165, 1.54) is 0 Å². The molecule has 2 amide bonds. The van der Waals surface area contributed by atoms with Crippen molar-refractivity contribution in [2.45, 2.75) is 26.2 Å². The third-order valence-electron chi connectivity index (χ3n) is 4.71. The van der Waals surface area contributed by atoms with Crippen LogP contribution >= 0.6 is 23.8 Å². The maximum Gasteiger partial charge on any atom is 0.257 e. The Kier molecular flexibility index (Phi) is 7.28. The van der Waals surface area contributed by atoms with E-state index in [2.05, 4.69) is 36.7 Å². The van der Waals surface area contributed by atoms with Crippen LogP contribution in [0.3, 0.4) is 0 Å². The van der Waals surface area contributed by atoms with Gasteiger partial charge in [0, 0.05) is 27.5 Å². The smallest absolute Gasteiger partial charge is 0.257 e. The summed E-state index contributed by atoms with van der Waals surface area (Å²) >= 11 is 11.2. The molecule has 0 fully saturated rings. The van der Waals surface area contributed by atoms with Crippen molar-refractivity contribution in [3.63, 3.8) is 0 Å². The summed E-state index contributed by atoms with van der Waals surface area (Å²) in [5.41, 5.74) is 3.27. The predicted octanol–water partition coefficient (Wildman–Crippen LogP) is 6.02. The standard InChI is InChI=1S/C25H24ClN3O2S/c1-25(2,3)18-12-10-16(11-13-18)22(30)29-24(32)28-20-8-4-6-17(14-20)23(31)27-21-9-5-7-19(26)15-21/h4-15H,1-3H3,(H,27,31)(H2,28,29,30,32). The van der Waals surface area contributed by atoms with E-state index >= 15 is 0 Å². The first-order chi connectivity index (χ1) is 15.1. The van der Waals surface area contributed by atoms with Gasteiger partial charge < -0.3 is 10.6 Å². The Morgan fingerprint density at radius 1 is 0.781 bits per heavy atom. The van der Waals surface area contributed by atoms with Crippen molar-refractivity contribution < 1.29 is 9.59 Å². The molecule has 0 saturated carbocycles. The normalized spacial score (nSPS) is 10.9. The summed E-state index contributed by atoms with van der Waals surface area (Å²) in [6.07, 6.45) is 0. The van der Waals surface area contributed by atoms with Gasteiger partial charge in [-0.25, -0.2) is 0 Å². The Balaban J connectivity index is 1.61. The van der Waals surface area contributed by atoms with Crippen molar-refractivity contribution >= 4 is 52.1 Å². The number of halogens is 1. The summed E-state index contributed by atoms with van der Waals surface area (Å²) < 4.78 is 0. The van der Waals surface area contributed by atoms with Crippen molar-refractivity contribution in [2.75, 3.05) is 10.6 Å². The molecule has 0 spiro atoms. The zero-order chi connectivity index (χ0) is 23.3. The van der Waals surface area contributed by atoms with Gasteiger partial charge in [-0.05, 0) is 71.7 Å². The molecule has 0 atom stereocenters. The third kappa shape index (κ3) is 6.39. The second-order valence-corrected chi connectivity index (χ2v) is 9.13. The van der Waals surface area contributed by atoms with Crippen LogP contribution in [0.2, 0.25) is 5.02 Å². The minimum Gasteiger partial charge on any atom is -0.332 e. The minimum absolute atomic E-state index is 0.00986. The van der Waals surface area contributed by atoms with Crippen molar-refractivity contribution in [3.05, 3.63) is 94.5 Å². The van der Waals surface area contributed by atoms with Crippen molar-refractivity contribution in [1.29, 1.82) is 0 Å². The fraction of sp³-hybridized carbons (Fsp3) is 0.160. The van der Waals surface area contributed by atoms with Crippen LogP contribution in [0.25, 0.3) is 0 Å². The molecule has 0 aliphatic heterocycles. The zero-order valence-electron chi connectivity index (χ0n) is 18.0. The van der Waals surface area contributed by atoms with Crippen LogP contribution in [-0.4, -0.2) is 16.9 Å². The Bertz CT molecular complexity index is 1150. The predicted molar refractivity (Wildman–Crippen MR) is 135 cm³/mol. The van der Waals surface area contributed by atoms with Crippen molar-refractivity contribution in [2.24, 2.45) is 0 Å². The molecule has 0 aromatic heterocycles. The highest BCUT2D eigenvalue weighted by molar-refractivity contribution is 7.80. The Hall–Kier alpha value is -3.22. The Morgan fingerprint density at radius 2 is 1.41 bits per heavy atom. The molecule has 0 heterocycles. The van der Waals surface area contributed by atoms with E-state index in [0.29, 0.717) is 27.5 Å². The number of hydrogen-bond donors (Lipinski definition) is 3. The number of carbonyl (C=O) groups is 2. The number of amides is 2. The van der Waals surface area contributed by atoms with Gasteiger partial charge in [-0.2, -0.15) is 0 Å². The molecule has 0 bridgehead atoms. The van der Waals surface area contributed by atoms with E-state index in [9.17, 15) is 9.59 Å². The molecule has 0 aliphatic carbocycles. The van der Waals surface area contributed by atoms with E-state index in [4.69, 9.17) is 23.8 Å². The highest BCUT2D eigenvalue weighted by Gasteiger charge is 2.15. The fourth-order valence-corrected chi connectivity index (χ4v) is 3.37. The Labute approximate surface area is 198 Å². The van der Waals surface area contributed by atoms with E-state index in [0.717, 1.165) is 5.56 Å². The SMILES string of the molecule is CC(C)(C)c1ccc(C(=O)NC(=S)Nc2cccc(C(=O)Nc3cccc(Cl)c3)c2)cc1. The second kappa shape index (κ2) is 9.94. The first-order valence-electron chi connectivity index (χ1n) is 10.0. The monoisotopic (exact) mass is 465 g/mol. The molecule has 3 aromatic carbocycles. The van der Waals surface area contributed by atoms with Crippen LogP contribution in [-0.2, 0) is 5.41 Å². The molecule has 0 aliphatic rings. The van der Waals surface area contributed by atoms with Crippen LogP contribution in [0.5, 0.6) is 0 Å². The van der Waals surface area contributed by atoms with Crippen molar-refractivity contribution in [3.8, 4) is 0 Å². The van der Waals surface area contributed by atoms with Crippen LogP contribution in [0, 0.1) is 0 Å². The average molecular weight is 466 g/mol. The molecule has 3 N–H and O–H groups in total. The maximum absolute atomic E-state index is 12.5. The number of anilines is 2. The lowest BCUT2D eigenvalue weighted by molar-refractivity contribution is 0.0976. The summed E-state index contributed by atoms with van der Waals surface area (Å²) in [5.74, 6) is -0.595. The lowest BCUT2D eigenvalue weighted by atomic mass is 9.87. The van der Waals surface area contributed by atoms with E-state index in [1.807, 2.05) is 12.1 Å².